The van der Waals surface area contributed by atoms with Gasteiger partial charge in [0.2, 0.25) is 5.76 Å². The summed E-state index contributed by atoms with van der Waals surface area (Å²) < 4.78 is 10.7. The van der Waals surface area contributed by atoms with E-state index in [9.17, 15) is 14.4 Å². The number of thiophene rings is 1. The lowest BCUT2D eigenvalue weighted by molar-refractivity contribution is -0.129. The predicted octanol–water partition coefficient (Wildman–Crippen LogP) is 4.07. The number of benzene rings is 1. The van der Waals surface area contributed by atoms with Gasteiger partial charge in [-0.25, -0.2) is 4.79 Å². The molecular formula is C21H19NO5S. The minimum atomic E-state index is -0.948. The third-order valence-corrected chi connectivity index (χ3v) is 4.93. The Morgan fingerprint density at radius 3 is 2.50 bits per heavy atom. The molecule has 0 aliphatic carbocycles. The second-order valence-electron chi connectivity index (χ2n) is 6.14. The number of ether oxygens (including phenoxy) is 1. The van der Waals surface area contributed by atoms with Crippen LogP contribution in [0.5, 0.6) is 0 Å². The fourth-order valence-corrected chi connectivity index (χ4v) is 3.12. The average Bonchev–Trinajstić information content (AvgIpc) is 3.38. The lowest BCUT2D eigenvalue weighted by Crippen LogP contribution is -2.35. The molecular weight excluding hydrogens is 378 g/mol. The topological polar surface area (TPSA) is 85.6 Å². The van der Waals surface area contributed by atoms with Crippen LogP contribution in [0.2, 0.25) is 0 Å². The summed E-state index contributed by atoms with van der Waals surface area (Å²) in [7, 11) is 0. The van der Waals surface area contributed by atoms with E-state index in [4.69, 9.17) is 9.15 Å². The number of ketones is 1. The Morgan fingerprint density at radius 2 is 1.86 bits per heavy atom. The van der Waals surface area contributed by atoms with Crippen molar-refractivity contribution in [3.63, 3.8) is 0 Å². The molecule has 28 heavy (non-hydrogen) atoms. The highest BCUT2D eigenvalue weighted by Crippen LogP contribution is 2.23. The SMILES string of the molecule is CC(=O)c1ccc(-c2ccc(C(=O)O[C@@H](C)C(=O)NCc3cccs3)o2)cc1. The zero-order valence-corrected chi connectivity index (χ0v) is 16.2. The van der Waals surface area contributed by atoms with E-state index in [1.165, 1.54) is 31.3 Å². The van der Waals surface area contributed by atoms with Gasteiger partial charge in [-0.1, -0.05) is 30.3 Å². The first-order valence-electron chi connectivity index (χ1n) is 8.66. The maximum Gasteiger partial charge on any atom is 0.375 e. The molecule has 0 aliphatic rings. The lowest BCUT2D eigenvalue weighted by atomic mass is 10.1. The summed E-state index contributed by atoms with van der Waals surface area (Å²) in [5.74, 6) is -0.652. The van der Waals surface area contributed by atoms with Gasteiger partial charge >= 0.3 is 5.97 Å². The summed E-state index contributed by atoms with van der Waals surface area (Å²) in [6, 6.07) is 13.8. The van der Waals surface area contributed by atoms with Gasteiger partial charge in [0.1, 0.15) is 5.76 Å². The highest BCUT2D eigenvalue weighted by atomic mass is 32.1. The molecule has 1 atom stereocenters. The summed E-state index contributed by atoms with van der Waals surface area (Å²) in [5, 5.41) is 4.65. The second-order valence-corrected chi connectivity index (χ2v) is 7.17. The zero-order chi connectivity index (χ0) is 20.1. The standard InChI is InChI=1S/C21H19NO5S/c1-13(23)15-5-7-16(8-6-15)18-9-10-19(27-18)21(25)26-14(2)20(24)22-12-17-4-3-11-28-17/h3-11,14H,12H2,1-2H3,(H,22,24)/t14-/m0/s1. The minimum Gasteiger partial charge on any atom is -0.449 e. The molecule has 0 bridgehead atoms. The molecule has 7 heteroatoms. The number of nitrogens with one attached hydrogen (secondary N) is 1. The number of hydrogen-bond donors (Lipinski definition) is 1. The smallest absolute Gasteiger partial charge is 0.375 e. The molecule has 0 spiro atoms. The van der Waals surface area contributed by atoms with Gasteiger partial charge in [0.25, 0.3) is 5.91 Å². The number of carbonyl (C=O) groups excluding carboxylic acids is 3. The monoisotopic (exact) mass is 397 g/mol. The molecule has 0 radical (unpaired) electrons. The van der Waals surface area contributed by atoms with Crippen molar-refractivity contribution in [2.24, 2.45) is 0 Å². The molecule has 6 nitrogen and oxygen atoms in total. The Balaban J connectivity index is 1.58. The number of rotatable bonds is 7. The van der Waals surface area contributed by atoms with Crippen molar-refractivity contribution in [2.75, 3.05) is 0 Å². The van der Waals surface area contributed by atoms with Crippen LogP contribution < -0.4 is 5.32 Å². The molecule has 0 aliphatic heterocycles. The van der Waals surface area contributed by atoms with Crippen LogP contribution in [-0.4, -0.2) is 23.8 Å². The quantitative estimate of drug-likeness (QED) is 0.480. The number of Topliss-reactive ketones (excluding diaryl/α,β-unsaturated/α-hetero) is 1. The van der Waals surface area contributed by atoms with E-state index in [0.717, 1.165) is 10.4 Å². The molecule has 1 aromatic carbocycles. The third-order valence-electron chi connectivity index (χ3n) is 4.05. The van der Waals surface area contributed by atoms with Crippen molar-refractivity contribution in [2.45, 2.75) is 26.5 Å². The molecule has 1 N–H and O–H groups in total. The van der Waals surface area contributed by atoms with Crippen LogP contribution in [0.25, 0.3) is 11.3 Å². The van der Waals surface area contributed by atoms with Gasteiger partial charge < -0.3 is 14.5 Å². The zero-order valence-electron chi connectivity index (χ0n) is 15.4. The molecule has 0 fully saturated rings. The molecule has 3 rings (SSSR count). The van der Waals surface area contributed by atoms with Crippen molar-refractivity contribution < 1.29 is 23.5 Å². The first-order chi connectivity index (χ1) is 13.4. The first-order valence-corrected chi connectivity index (χ1v) is 9.54. The Labute approximate surface area is 166 Å². The van der Waals surface area contributed by atoms with Gasteiger partial charge in [-0.2, -0.15) is 0 Å². The largest absolute Gasteiger partial charge is 0.449 e. The van der Waals surface area contributed by atoms with Crippen LogP contribution in [0.1, 0.15) is 39.6 Å². The molecule has 0 saturated heterocycles. The molecule has 0 unspecified atom stereocenters. The Hall–Kier alpha value is -3.19. The number of hydrogen-bond acceptors (Lipinski definition) is 6. The minimum absolute atomic E-state index is 0.00329. The van der Waals surface area contributed by atoms with Crippen LogP contribution in [0, 0.1) is 0 Å². The summed E-state index contributed by atoms with van der Waals surface area (Å²) in [6.45, 7) is 3.39. The maximum absolute atomic E-state index is 12.2. The second kappa shape index (κ2) is 8.67. The molecule has 144 valence electrons. The Bertz CT molecular complexity index is 973. The van der Waals surface area contributed by atoms with Crippen LogP contribution in [0.3, 0.4) is 0 Å². The summed E-state index contributed by atoms with van der Waals surface area (Å²) in [5.41, 5.74) is 1.32. The predicted molar refractivity (Wildman–Crippen MR) is 105 cm³/mol. The normalized spacial score (nSPS) is 11.6. The van der Waals surface area contributed by atoms with Crippen molar-refractivity contribution in [1.29, 1.82) is 0 Å². The van der Waals surface area contributed by atoms with E-state index < -0.39 is 12.1 Å². The highest BCUT2D eigenvalue weighted by Gasteiger charge is 2.21. The molecule has 0 saturated carbocycles. The van der Waals surface area contributed by atoms with Crippen molar-refractivity contribution in [3.05, 3.63) is 70.1 Å². The van der Waals surface area contributed by atoms with Crippen LogP contribution in [0.4, 0.5) is 0 Å². The fraction of sp³-hybridized carbons (Fsp3) is 0.190. The molecule has 1 amide bonds. The van der Waals surface area contributed by atoms with E-state index in [-0.39, 0.29) is 17.5 Å². The van der Waals surface area contributed by atoms with Crippen molar-refractivity contribution >= 4 is 29.0 Å². The van der Waals surface area contributed by atoms with Crippen LogP contribution in [0.15, 0.2) is 58.3 Å². The number of amides is 1. The van der Waals surface area contributed by atoms with E-state index in [0.29, 0.717) is 17.9 Å². The highest BCUT2D eigenvalue weighted by molar-refractivity contribution is 7.09. The van der Waals surface area contributed by atoms with Crippen molar-refractivity contribution in [1.82, 2.24) is 5.32 Å². The summed E-state index contributed by atoms with van der Waals surface area (Å²) in [4.78, 5) is 36.7. The fourth-order valence-electron chi connectivity index (χ4n) is 2.48. The van der Waals surface area contributed by atoms with Gasteiger partial charge in [-0.3, -0.25) is 9.59 Å². The Morgan fingerprint density at radius 1 is 1.11 bits per heavy atom. The van der Waals surface area contributed by atoms with Crippen molar-refractivity contribution in [3.8, 4) is 11.3 Å². The van der Waals surface area contributed by atoms with E-state index >= 15 is 0 Å². The van der Waals surface area contributed by atoms with Gasteiger partial charge in [-0.15, -0.1) is 11.3 Å². The maximum atomic E-state index is 12.2. The third kappa shape index (κ3) is 4.75. The van der Waals surface area contributed by atoms with E-state index in [1.54, 1.807) is 30.3 Å². The number of esters is 1. The van der Waals surface area contributed by atoms with Gasteiger partial charge in [0.15, 0.2) is 11.9 Å². The molecule has 2 heterocycles. The van der Waals surface area contributed by atoms with Crippen LogP contribution >= 0.6 is 11.3 Å². The number of carbonyl (C=O) groups is 3. The van der Waals surface area contributed by atoms with Crippen LogP contribution in [-0.2, 0) is 16.1 Å². The van der Waals surface area contributed by atoms with E-state index in [1.807, 2.05) is 17.5 Å². The lowest BCUT2D eigenvalue weighted by Gasteiger charge is -2.12. The molecule has 3 aromatic rings. The summed E-state index contributed by atoms with van der Waals surface area (Å²) >= 11 is 1.53. The van der Waals surface area contributed by atoms with Gasteiger partial charge in [0, 0.05) is 16.0 Å². The summed E-state index contributed by atoms with van der Waals surface area (Å²) in [6.07, 6.45) is -0.948. The van der Waals surface area contributed by atoms with Gasteiger partial charge in [-0.05, 0) is 37.4 Å². The average molecular weight is 397 g/mol. The first kappa shape index (κ1) is 19.6. The van der Waals surface area contributed by atoms with E-state index in [2.05, 4.69) is 5.32 Å². The number of furan rings is 1. The molecule has 2 aromatic heterocycles. The van der Waals surface area contributed by atoms with Gasteiger partial charge in [0.05, 0.1) is 6.54 Å². The Kier molecular flexibility index (Phi) is 6.06.